The molecular formula is C22H29BrN4O. The van der Waals surface area contributed by atoms with Gasteiger partial charge in [-0.3, -0.25) is 9.78 Å². The Bertz CT molecular complexity index is 747. The number of benzene rings is 1. The molecule has 2 heterocycles. The van der Waals surface area contributed by atoms with Gasteiger partial charge in [-0.1, -0.05) is 28.1 Å². The summed E-state index contributed by atoms with van der Waals surface area (Å²) in [6.07, 6.45) is 7.21. The molecule has 1 aromatic heterocycles. The van der Waals surface area contributed by atoms with Crippen LogP contribution in [0.3, 0.4) is 0 Å². The van der Waals surface area contributed by atoms with Gasteiger partial charge in [0.15, 0.2) is 0 Å². The van der Waals surface area contributed by atoms with E-state index in [2.05, 4.69) is 49.0 Å². The van der Waals surface area contributed by atoms with Crippen LogP contribution in [0.25, 0.3) is 0 Å². The lowest BCUT2D eigenvalue weighted by atomic mass is 9.82. The average Bonchev–Trinajstić information content (AvgIpc) is 2.73. The minimum atomic E-state index is -0.498. The second-order valence-corrected chi connectivity index (χ2v) is 8.38. The van der Waals surface area contributed by atoms with Crippen molar-refractivity contribution in [2.75, 3.05) is 26.2 Å². The van der Waals surface area contributed by atoms with Gasteiger partial charge in [-0.25, -0.2) is 0 Å². The first kappa shape index (κ1) is 21.0. The van der Waals surface area contributed by atoms with Crippen LogP contribution in [0.5, 0.6) is 0 Å². The highest BCUT2D eigenvalue weighted by atomic mass is 79.9. The van der Waals surface area contributed by atoms with E-state index in [1.807, 2.05) is 36.7 Å². The number of hydrogen-bond acceptors (Lipinski definition) is 4. The molecule has 3 N–H and O–H groups in total. The Balaban J connectivity index is 1.89. The van der Waals surface area contributed by atoms with E-state index in [1.165, 1.54) is 12.8 Å². The Labute approximate surface area is 175 Å². The van der Waals surface area contributed by atoms with Crippen molar-refractivity contribution in [1.82, 2.24) is 20.9 Å². The maximum Gasteiger partial charge on any atom is 0.216 e. The highest BCUT2D eigenvalue weighted by Crippen LogP contribution is 2.30. The molecule has 0 bridgehead atoms. The molecule has 0 radical (unpaired) electrons. The summed E-state index contributed by atoms with van der Waals surface area (Å²) in [6.45, 7) is 5.16. The second-order valence-electron chi connectivity index (χ2n) is 7.47. The van der Waals surface area contributed by atoms with E-state index < -0.39 is 5.54 Å². The van der Waals surface area contributed by atoms with Crippen LogP contribution in [0.4, 0.5) is 0 Å². The molecule has 1 aliphatic heterocycles. The van der Waals surface area contributed by atoms with E-state index in [0.717, 1.165) is 47.6 Å². The predicted octanol–water partition coefficient (Wildman–Crippen LogP) is 3.20. The predicted molar refractivity (Wildman–Crippen MR) is 116 cm³/mol. The molecule has 2 aromatic rings. The van der Waals surface area contributed by atoms with Crippen molar-refractivity contribution >= 4 is 21.8 Å². The lowest BCUT2D eigenvalue weighted by molar-refractivity contribution is -0.119. The van der Waals surface area contributed by atoms with Crippen molar-refractivity contribution in [3.8, 4) is 0 Å². The van der Waals surface area contributed by atoms with Gasteiger partial charge in [0, 0.05) is 30.3 Å². The summed E-state index contributed by atoms with van der Waals surface area (Å²) >= 11 is 3.53. The third-order valence-corrected chi connectivity index (χ3v) is 6.08. The van der Waals surface area contributed by atoms with Gasteiger partial charge >= 0.3 is 0 Å². The van der Waals surface area contributed by atoms with Crippen LogP contribution in [-0.2, 0) is 10.3 Å². The molecule has 5 nitrogen and oxygen atoms in total. The van der Waals surface area contributed by atoms with E-state index in [4.69, 9.17) is 0 Å². The molecule has 0 spiro atoms. The molecule has 1 atom stereocenters. The number of pyridine rings is 1. The van der Waals surface area contributed by atoms with Gasteiger partial charge in [-0.2, -0.15) is 0 Å². The lowest BCUT2D eigenvalue weighted by Gasteiger charge is -2.37. The number of amides is 1. The fraction of sp³-hybridized carbons (Fsp3) is 0.455. The maximum atomic E-state index is 11.8. The highest BCUT2D eigenvalue weighted by molar-refractivity contribution is 9.10. The van der Waals surface area contributed by atoms with Gasteiger partial charge in [-0.05, 0) is 80.2 Å². The van der Waals surface area contributed by atoms with Gasteiger partial charge < -0.3 is 16.0 Å². The molecule has 1 aliphatic rings. The zero-order valence-electron chi connectivity index (χ0n) is 16.4. The van der Waals surface area contributed by atoms with Crippen molar-refractivity contribution in [2.45, 2.75) is 31.7 Å². The van der Waals surface area contributed by atoms with Gasteiger partial charge in [0.1, 0.15) is 0 Å². The summed E-state index contributed by atoms with van der Waals surface area (Å²) in [5.41, 5.74) is 1.73. The van der Waals surface area contributed by atoms with Crippen molar-refractivity contribution in [2.24, 2.45) is 5.92 Å². The third kappa shape index (κ3) is 5.40. The molecule has 1 amide bonds. The average molecular weight is 445 g/mol. The number of nitrogens with one attached hydrogen (secondary N) is 3. The van der Waals surface area contributed by atoms with Crippen LogP contribution in [0.1, 0.15) is 37.3 Å². The molecule has 0 aliphatic carbocycles. The second kappa shape index (κ2) is 10.1. The first-order valence-electron chi connectivity index (χ1n) is 9.97. The van der Waals surface area contributed by atoms with E-state index in [1.54, 1.807) is 6.92 Å². The lowest BCUT2D eigenvalue weighted by Crippen LogP contribution is -2.52. The van der Waals surface area contributed by atoms with Crippen molar-refractivity contribution in [3.05, 3.63) is 64.4 Å². The molecule has 150 valence electrons. The smallest absolute Gasteiger partial charge is 0.216 e. The Morgan fingerprint density at radius 2 is 1.79 bits per heavy atom. The highest BCUT2D eigenvalue weighted by Gasteiger charge is 2.34. The molecule has 1 aromatic carbocycles. The number of carbonyl (C=O) groups is 1. The maximum absolute atomic E-state index is 11.8. The number of hydrogen-bond donors (Lipinski definition) is 3. The Kier molecular flexibility index (Phi) is 7.59. The first-order valence-corrected chi connectivity index (χ1v) is 10.8. The fourth-order valence-corrected chi connectivity index (χ4v) is 4.19. The zero-order valence-corrected chi connectivity index (χ0v) is 18.0. The topological polar surface area (TPSA) is 66.1 Å². The third-order valence-electron chi connectivity index (χ3n) is 5.55. The molecule has 3 rings (SSSR count). The van der Waals surface area contributed by atoms with Crippen LogP contribution >= 0.6 is 15.9 Å². The molecule has 0 saturated carbocycles. The number of aromatic nitrogens is 1. The largest absolute Gasteiger partial charge is 0.354 e. The van der Waals surface area contributed by atoms with Crippen LogP contribution in [0.15, 0.2) is 53.3 Å². The summed E-state index contributed by atoms with van der Waals surface area (Å²) in [4.78, 5) is 15.9. The summed E-state index contributed by atoms with van der Waals surface area (Å²) in [5.74, 6) is 0.713. The van der Waals surface area contributed by atoms with Crippen molar-refractivity contribution < 1.29 is 4.79 Å². The van der Waals surface area contributed by atoms with Gasteiger partial charge in [-0.15, -0.1) is 0 Å². The van der Waals surface area contributed by atoms with E-state index in [-0.39, 0.29) is 5.91 Å². The molecule has 28 heavy (non-hydrogen) atoms. The van der Waals surface area contributed by atoms with Crippen molar-refractivity contribution in [1.29, 1.82) is 0 Å². The van der Waals surface area contributed by atoms with Crippen LogP contribution in [-0.4, -0.2) is 37.1 Å². The summed E-state index contributed by atoms with van der Waals surface area (Å²) in [7, 11) is 0. The zero-order chi connectivity index (χ0) is 19.8. The number of rotatable bonds is 8. The number of nitrogens with zero attached hydrogens (tertiary/aromatic N) is 1. The van der Waals surface area contributed by atoms with Gasteiger partial charge in [0.05, 0.1) is 5.54 Å². The minimum absolute atomic E-state index is 0.0318. The molecule has 1 fully saturated rings. The van der Waals surface area contributed by atoms with E-state index >= 15 is 0 Å². The van der Waals surface area contributed by atoms with Crippen LogP contribution < -0.4 is 16.0 Å². The standard InChI is InChI=1S/C22H29BrN4O/c1-17(28)26-16-22(20-9-13-25-14-10-20,19-2-4-21(23)5-3-19)27-15-8-18-6-11-24-12-7-18/h2-5,9-10,13-14,18,24,27H,6-8,11-12,15-16H2,1H3,(H,26,28). The van der Waals surface area contributed by atoms with Crippen molar-refractivity contribution in [3.63, 3.8) is 0 Å². The fourth-order valence-electron chi connectivity index (χ4n) is 3.93. The summed E-state index contributed by atoms with van der Waals surface area (Å²) < 4.78 is 1.04. The van der Waals surface area contributed by atoms with Crippen LogP contribution in [0, 0.1) is 5.92 Å². The normalized spacial score (nSPS) is 17.1. The van der Waals surface area contributed by atoms with Gasteiger partial charge in [0.2, 0.25) is 5.91 Å². The SMILES string of the molecule is CC(=O)NCC(NCCC1CCNCC1)(c1ccncc1)c1ccc(Br)cc1. The summed E-state index contributed by atoms with van der Waals surface area (Å²) in [6, 6.07) is 12.4. The molecule has 6 heteroatoms. The number of halogens is 1. The van der Waals surface area contributed by atoms with Gasteiger partial charge in [0.25, 0.3) is 0 Å². The molecule has 1 unspecified atom stereocenters. The summed E-state index contributed by atoms with van der Waals surface area (Å²) in [5, 5.41) is 10.3. The Morgan fingerprint density at radius 3 is 2.43 bits per heavy atom. The number of piperidine rings is 1. The number of carbonyl (C=O) groups excluding carboxylic acids is 1. The minimum Gasteiger partial charge on any atom is -0.354 e. The van der Waals surface area contributed by atoms with E-state index in [0.29, 0.717) is 6.54 Å². The Hall–Kier alpha value is -1.76. The quantitative estimate of drug-likeness (QED) is 0.584. The van der Waals surface area contributed by atoms with Crippen LogP contribution in [0.2, 0.25) is 0 Å². The monoisotopic (exact) mass is 444 g/mol. The van der Waals surface area contributed by atoms with E-state index in [9.17, 15) is 4.79 Å². The first-order chi connectivity index (χ1) is 13.6. The molecular weight excluding hydrogens is 416 g/mol. The Morgan fingerprint density at radius 1 is 1.14 bits per heavy atom. The molecule has 1 saturated heterocycles.